The zero-order chi connectivity index (χ0) is 58.0. The number of H-pyrrole nitrogens is 1. The average Bonchev–Trinajstić information content (AvgIpc) is 4.13. The average molecular weight is 1160 g/mol. The van der Waals surface area contributed by atoms with Crippen LogP contribution in [0, 0.1) is 0 Å². The van der Waals surface area contributed by atoms with Gasteiger partial charge in [-0.1, -0.05) is 121 Å². The molecule has 7 N–H and O–H groups in total. The molecule has 0 radical (unpaired) electrons. The number of hydrogen-bond acceptors (Lipinski definition) is 16. The van der Waals surface area contributed by atoms with Crippen LogP contribution in [0.3, 0.4) is 0 Å². The topological polar surface area (TPSA) is 290 Å². The van der Waals surface area contributed by atoms with Crippen molar-refractivity contribution in [2.45, 2.75) is 84.1 Å². The first kappa shape index (κ1) is 63.3. The molecule has 22 nitrogen and oxygen atoms in total. The number of carbonyl (C=O) groups excluding carboxylic acids is 4. The van der Waals surface area contributed by atoms with Crippen molar-refractivity contribution in [3.05, 3.63) is 160 Å². The van der Waals surface area contributed by atoms with Gasteiger partial charge in [-0.15, -0.1) is 0 Å². The summed E-state index contributed by atoms with van der Waals surface area (Å²) in [6, 6.07) is 32.4. The van der Waals surface area contributed by atoms with Crippen molar-refractivity contribution in [1.82, 2.24) is 44.8 Å². The smallest absolute Gasteiger partial charge is 0.323 e. The van der Waals surface area contributed by atoms with Crippen molar-refractivity contribution >= 4 is 55.9 Å². The van der Waals surface area contributed by atoms with Crippen molar-refractivity contribution in [2.75, 3.05) is 77.3 Å². The second-order valence-electron chi connectivity index (χ2n) is 18.9. The van der Waals surface area contributed by atoms with Gasteiger partial charge < -0.3 is 34.0 Å². The number of nitrogens with one attached hydrogen (secondary N) is 5. The predicted octanol–water partition coefficient (Wildman–Crippen LogP) is 5.46. The number of rotatable bonds is 36. The molecule has 0 aliphatic rings. The van der Waals surface area contributed by atoms with Gasteiger partial charge in [0.1, 0.15) is 24.2 Å². The third-order valence-corrected chi connectivity index (χ3v) is 17.4. The second-order valence-corrected chi connectivity index (χ2v) is 23.8. The molecule has 0 unspecified atom stereocenters. The number of fused-ring (bicyclic) bond motifs is 1. The van der Waals surface area contributed by atoms with Crippen LogP contribution >= 0.6 is 14.9 Å². The van der Waals surface area contributed by atoms with E-state index in [4.69, 9.17) is 29.4 Å². The standard InChI is InChI=1S/C57H76N10O12P2/c1-5-76-53(69)46(37-42-21-13-9-14-22-42)62-80(73,63-47(54(70)77-6-2)38-43-23-15-10-16-24-43)35-32-66(29-30-67-41-59-50-51(67)60-57(58)61-52(50)68)31-33-75-34-36-81(74,64-48(55(71)78-7-3)39-44-25-17-11-18-26-44)65-49(56(72)79-8-4)40-45-27-19-12-20-28-45/h9-28,41,46-49H,5-8,29-40H2,1-4H3,(H2,62,63,73)(H2,64,65,74)(H3,58,60,61,68)/t46-,47-,48-,49-/m0/s1. The van der Waals surface area contributed by atoms with Gasteiger partial charge in [0.15, 0.2) is 11.2 Å². The molecule has 0 amide bonds. The first-order valence-electron chi connectivity index (χ1n) is 27.3. The van der Waals surface area contributed by atoms with E-state index in [2.05, 4.69) is 35.3 Å². The van der Waals surface area contributed by atoms with Crippen LogP contribution in [-0.4, -0.2) is 144 Å². The van der Waals surface area contributed by atoms with Gasteiger partial charge in [-0.05, 0) is 75.6 Å². The molecule has 0 aliphatic carbocycles. The number of esters is 4. The number of carbonyl (C=O) groups is 4. The highest BCUT2D eigenvalue weighted by molar-refractivity contribution is 7.60. The summed E-state index contributed by atoms with van der Waals surface area (Å²) in [5, 5.41) is 12.4. The minimum Gasteiger partial charge on any atom is -0.465 e. The van der Waals surface area contributed by atoms with Gasteiger partial charge >= 0.3 is 23.9 Å². The van der Waals surface area contributed by atoms with Gasteiger partial charge in [0.2, 0.25) is 20.8 Å². The fourth-order valence-corrected chi connectivity index (χ4v) is 13.3. The highest BCUT2D eigenvalue weighted by Gasteiger charge is 2.37. The van der Waals surface area contributed by atoms with Gasteiger partial charge in [-0.25, -0.2) is 25.3 Å². The summed E-state index contributed by atoms with van der Waals surface area (Å²) >= 11 is 0. The molecule has 0 aliphatic heterocycles. The van der Waals surface area contributed by atoms with Crippen molar-refractivity contribution in [2.24, 2.45) is 0 Å². The van der Waals surface area contributed by atoms with Gasteiger partial charge in [0.25, 0.3) is 5.56 Å². The molecule has 0 saturated carbocycles. The number of benzene rings is 4. The molecule has 436 valence electrons. The third kappa shape index (κ3) is 20.6. The minimum absolute atomic E-state index is 0.0241. The maximum absolute atomic E-state index is 15.8. The fraction of sp³-hybridized carbons (Fsp3) is 0.421. The maximum atomic E-state index is 15.8. The maximum Gasteiger partial charge on any atom is 0.323 e. The molecule has 24 heteroatoms. The van der Waals surface area contributed by atoms with Gasteiger partial charge in [-0.2, -0.15) is 4.98 Å². The molecule has 0 spiro atoms. The number of imidazole rings is 1. The lowest BCUT2D eigenvalue weighted by molar-refractivity contribution is -0.146. The first-order valence-corrected chi connectivity index (χ1v) is 31.0. The second kappa shape index (κ2) is 32.5. The highest BCUT2D eigenvalue weighted by Crippen LogP contribution is 2.40. The molecular weight excluding hydrogens is 1080 g/mol. The first-order chi connectivity index (χ1) is 39.1. The van der Waals surface area contributed by atoms with Crippen LogP contribution in [0.5, 0.6) is 0 Å². The summed E-state index contributed by atoms with van der Waals surface area (Å²) in [4.78, 5) is 80.5. The molecule has 0 saturated heterocycles. The van der Waals surface area contributed by atoms with Crippen molar-refractivity contribution < 1.29 is 52.0 Å². The van der Waals surface area contributed by atoms with Crippen LogP contribution in [0.25, 0.3) is 11.2 Å². The molecular formula is C57H76N10O12P2. The lowest BCUT2D eigenvalue weighted by Crippen LogP contribution is -2.47. The summed E-state index contributed by atoms with van der Waals surface area (Å²) in [5.41, 5.74) is 8.87. The Bertz CT molecular complexity index is 2930. The zero-order valence-electron chi connectivity index (χ0n) is 46.4. The Hall–Kier alpha value is -6.87. The Morgan fingerprint density at radius 1 is 0.556 bits per heavy atom. The Morgan fingerprint density at radius 2 is 0.926 bits per heavy atom. The Morgan fingerprint density at radius 3 is 1.30 bits per heavy atom. The van der Waals surface area contributed by atoms with Crippen molar-refractivity contribution in [3.63, 3.8) is 0 Å². The number of hydrogen-bond donors (Lipinski definition) is 6. The number of aromatic amines is 1. The van der Waals surface area contributed by atoms with Crippen LogP contribution in [0.15, 0.2) is 132 Å². The van der Waals surface area contributed by atoms with E-state index < -0.39 is 68.5 Å². The van der Waals surface area contributed by atoms with E-state index in [9.17, 15) is 24.0 Å². The van der Waals surface area contributed by atoms with Crippen LogP contribution < -0.4 is 31.6 Å². The van der Waals surface area contributed by atoms with Crippen molar-refractivity contribution in [1.29, 1.82) is 0 Å². The van der Waals surface area contributed by atoms with Crippen LogP contribution in [0.2, 0.25) is 0 Å². The molecule has 4 atom stereocenters. The molecule has 6 rings (SSSR count). The summed E-state index contributed by atoms with van der Waals surface area (Å²) in [7, 11) is -8.00. The monoisotopic (exact) mass is 1150 g/mol. The lowest BCUT2D eigenvalue weighted by Gasteiger charge is -2.31. The largest absolute Gasteiger partial charge is 0.465 e. The minimum atomic E-state index is -4.03. The summed E-state index contributed by atoms with van der Waals surface area (Å²) in [6.07, 6.45) is 1.61. The molecule has 81 heavy (non-hydrogen) atoms. The molecule has 0 fully saturated rings. The summed E-state index contributed by atoms with van der Waals surface area (Å²) in [6.45, 7) is 7.60. The number of anilines is 1. The molecule has 2 aromatic heterocycles. The highest BCUT2D eigenvalue weighted by atomic mass is 31.2. The molecule has 4 aromatic carbocycles. The van der Waals surface area contributed by atoms with E-state index in [1.807, 2.05) is 126 Å². The Balaban J connectivity index is 1.29. The fourth-order valence-electron chi connectivity index (χ4n) is 8.93. The van der Waals surface area contributed by atoms with E-state index in [1.54, 1.807) is 32.3 Å². The van der Waals surface area contributed by atoms with E-state index >= 15 is 9.13 Å². The predicted molar refractivity (Wildman–Crippen MR) is 310 cm³/mol. The number of ether oxygens (including phenoxy) is 5. The summed E-state index contributed by atoms with van der Waals surface area (Å²) in [5.74, 6) is -2.64. The van der Waals surface area contributed by atoms with E-state index in [0.29, 0.717) is 0 Å². The Labute approximate surface area is 472 Å². The third-order valence-electron chi connectivity index (χ3n) is 12.9. The number of aromatic nitrogens is 4. The van der Waals surface area contributed by atoms with Gasteiger partial charge in [0.05, 0.1) is 52.1 Å². The summed E-state index contributed by atoms with van der Waals surface area (Å²) < 4.78 is 61.1. The van der Waals surface area contributed by atoms with E-state index in [-0.39, 0.29) is 121 Å². The van der Waals surface area contributed by atoms with Crippen LogP contribution in [0.1, 0.15) is 49.9 Å². The number of nitrogens with zero attached hydrogens (tertiary/aromatic N) is 4. The molecule has 0 bridgehead atoms. The quantitative estimate of drug-likeness (QED) is 0.0123. The SMILES string of the molecule is CCOC(=O)[C@H](Cc1ccccc1)NP(=O)(CCOCCN(CCn1cnc2c(=O)[nH]c(N)nc21)CCP(=O)(N[C@@H](Cc1ccccc1)C(=O)OCC)N[C@@H](Cc1ccccc1)C(=O)OCC)N[C@@H](Cc1ccccc1)C(=O)OCC. The Kier molecular flexibility index (Phi) is 25.4. The van der Waals surface area contributed by atoms with Gasteiger partial charge in [-0.3, -0.25) is 43.0 Å². The molecule has 6 aromatic rings. The number of nitrogens with two attached hydrogens (primary N) is 1. The number of nitrogen functional groups attached to an aromatic ring is 1. The van der Waals surface area contributed by atoms with Crippen LogP contribution in [-0.2, 0) is 84.2 Å². The van der Waals surface area contributed by atoms with E-state index in [1.165, 1.54) is 6.33 Å². The van der Waals surface area contributed by atoms with Crippen molar-refractivity contribution in [3.8, 4) is 0 Å². The van der Waals surface area contributed by atoms with Gasteiger partial charge in [0, 0.05) is 32.3 Å². The lowest BCUT2D eigenvalue weighted by atomic mass is 10.1. The van der Waals surface area contributed by atoms with E-state index in [0.717, 1.165) is 22.3 Å². The zero-order valence-corrected chi connectivity index (χ0v) is 48.2. The normalized spacial score (nSPS) is 13.3. The molecule has 2 heterocycles. The van der Waals surface area contributed by atoms with Crippen LogP contribution in [0.4, 0.5) is 5.95 Å².